The summed E-state index contributed by atoms with van der Waals surface area (Å²) in [6.07, 6.45) is 3.89. The molecule has 1 heterocycles. The van der Waals surface area contributed by atoms with Gasteiger partial charge in [0, 0.05) is 17.6 Å². The predicted octanol–water partition coefficient (Wildman–Crippen LogP) is 2.84. The normalized spacial score (nSPS) is 25.2. The van der Waals surface area contributed by atoms with Gasteiger partial charge in [-0.2, -0.15) is 4.37 Å². The third-order valence-electron chi connectivity index (χ3n) is 3.08. The maximum atomic E-state index is 4.34. The largest absolute Gasteiger partial charge is 0.357 e. The van der Waals surface area contributed by atoms with Crippen molar-refractivity contribution in [1.29, 1.82) is 0 Å². The molecular weight excluding hydrogens is 194 g/mol. The van der Waals surface area contributed by atoms with E-state index >= 15 is 0 Å². The Bertz CT molecular complexity index is 319. The van der Waals surface area contributed by atoms with Crippen LogP contribution in [0.5, 0.6) is 0 Å². The summed E-state index contributed by atoms with van der Waals surface area (Å²) >= 11 is 1.46. The fraction of sp³-hybridized carbons (Fsp3) is 0.800. The summed E-state index contributed by atoms with van der Waals surface area (Å²) < 4.78 is 4.17. The van der Waals surface area contributed by atoms with Crippen molar-refractivity contribution in [2.24, 2.45) is 5.41 Å². The second kappa shape index (κ2) is 3.50. The van der Waals surface area contributed by atoms with E-state index in [2.05, 4.69) is 28.5 Å². The maximum absolute atomic E-state index is 4.34. The second-order valence-electron chi connectivity index (χ2n) is 4.72. The Morgan fingerprint density at radius 2 is 2.29 bits per heavy atom. The quantitative estimate of drug-likeness (QED) is 0.817. The lowest BCUT2D eigenvalue weighted by molar-refractivity contribution is 0.350. The van der Waals surface area contributed by atoms with Crippen LogP contribution in [0.15, 0.2) is 0 Å². The Morgan fingerprint density at radius 1 is 1.50 bits per heavy atom. The van der Waals surface area contributed by atoms with Crippen LogP contribution in [0.2, 0.25) is 0 Å². The highest BCUT2D eigenvalue weighted by Crippen LogP contribution is 2.39. The molecule has 1 aromatic rings. The van der Waals surface area contributed by atoms with E-state index in [1.54, 1.807) is 0 Å². The molecule has 0 radical (unpaired) electrons. The van der Waals surface area contributed by atoms with Gasteiger partial charge in [-0.1, -0.05) is 20.3 Å². The number of nitrogens with zero attached hydrogens (tertiary/aromatic N) is 2. The minimum atomic E-state index is 0.402. The van der Waals surface area contributed by atoms with Gasteiger partial charge in [0.25, 0.3) is 0 Å². The molecule has 1 N–H and O–H groups in total. The van der Waals surface area contributed by atoms with E-state index in [9.17, 15) is 0 Å². The van der Waals surface area contributed by atoms with Crippen molar-refractivity contribution < 1.29 is 0 Å². The van der Waals surface area contributed by atoms with Crippen molar-refractivity contribution in [3.05, 3.63) is 5.82 Å². The van der Waals surface area contributed by atoms with Crippen LogP contribution in [0.25, 0.3) is 0 Å². The zero-order chi connectivity index (χ0) is 10.2. The Labute approximate surface area is 89.1 Å². The van der Waals surface area contributed by atoms with Gasteiger partial charge in [-0.15, -0.1) is 0 Å². The van der Waals surface area contributed by atoms with Crippen molar-refractivity contribution in [2.75, 3.05) is 5.32 Å². The van der Waals surface area contributed by atoms with Crippen LogP contribution in [0.3, 0.4) is 0 Å². The smallest absolute Gasteiger partial charge is 0.202 e. The van der Waals surface area contributed by atoms with Crippen molar-refractivity contribution in [2.45, 2.75) is 46.1 Å². The van der Waals surface area contributed by atoms with Crippen LogP contribution in [0.1, 0.15) is 38.9 Å². The predicted molar refractivity (Wildman–Crippen MR) is 59.7 cm³/mol. The van der Waals surface area contributed by atoms with Crippen molar-refractivity contribution in [3.63, 3.8) is 0 Å². The molecule has 0 amide bonds. The van der Waals surface area contributed by atoms with E-state index in [4.69, 9.17) is 0 Å². The Morgan fingerprint density at radius 3 is 2.79 bits per heavy atom. The van der Waals surface area contributed by atoms with Crippen LogP contribution < -0.4 is 5.32 Å². The Hall–Kier alpha value is -0.640. The van der Waals surface area contributed by atoms with E-state index in [-0.39, 0.29) is 0 Å². The first-order chi connectivity index (χ1) is 6.58. The number of rotatable bonds is 2. The minimum Gasteiger partial charge on any atom is -0.357 e. The van der Waals surface area contributed by atoms with Crippen molar-refractivity contribution in [3.8, 4) is 0 Å². The fourth-order valence-electron chi connectivity index (χ4n) is 2.10. The third kappa shape index (κ3) is 1.90. The van der Waals surface area contributed by atoms with Gasteiger partial charge >= 0.3 is 0 Å². The number of aromatic nitrogens is 2. The van der Waals surface area contributed by atoms with Gasteiger partial charge in [0.05, 0.1) is 0 Å². The SMILES string of the molecule is Cc1nsc(NC2CCCC2(C)C)n1. The first kappa shape index (κ1) is 9.90. The van der Waals surface area contributed by atoms with Crippen LogP contribution >= 0.6 is 11.5 Å². The summed E-state index contributed by atoms with van der Waals surface area (Å²) in [6.45, 7) is 6.58. The van der Waals surface area contributed by atoms with Crippen LogP contribution in [-0.2, 0) is 0 Å². The molecule has 0 aliphatic heterocycles. The Kier molecular flexibility index (Phi) is 2.47. The third-order valence-corrected chi connectivity index (χ3v) is 3.82. The Balaban J connectivity index is 2.04. The van der Waals surface area contributed by atoms with Crippen molar-refractivity contribution in [1.82, 2.24) is 9.36 Å². The summed E-state index contributed by atoms with van der Waals surface area (Å²) in [5, 5.41) is 4.47. The van der Waals surface area contributed by atoms with E-state index in [0.29, 0.717) is 11.5 Å². The second-order valence-corrected chi connectivity index (χ2v) is 5.48. The molecular formula is C10H17N3S. The molecule has 3 nitrogen and oxygen atoms in total. The number of nitrogens with one attached hydrogen (secondary N) is 1. The van der Waals surface area contributed by atoms with Gasteiger partial charge in [-0.25, -0.2) is 4.98 Å². The molecule has 14 heavy (non-hydrogen) atoms. The lowest BCUT2D eigenvalue weighted by Gasteiger charge is -2.27. The molecule has 1 aliphatic carbocycles. The number of hydrogen-bond donors (Lipinski definition) is 1. The molecule has 0 aromatic carbocycles. The highest BCUT2D eigenvalue weighted by atomic mass is 32.1. The van der Waals surface area contributed by atoms with Crippen LogP contribution in [0.4, 0.5) is 5.13 Å². The van der Waals surface area contributed by atoms with Gasteiger partial charge in [0.1, 0.15) is 5.82 Å². The fourth-order valence-corrected chi connectivity index (χ4v) is 2.73. The van der Waals surface area contributed by atoms with Gasteiger partial charge in [-0.05, 0) is 25.2 Å². The van der Waals surface area contributed by atoms with E-state index in [0.717, 1.165) is 11.0 Å². The molecule has 0 spiro atoms. The number of anilines is 1. The lowest BCUT2D eigenvalue weighted by Crippen LogP contribution is -2.30. The zero-order valence-corrected chi connectivity index (χ0v) is 9.82. The van der Waals surface area contributed by atoms with Crippen LogP contribution in [0, 0.1) is 12.3 Å². The van der Waals surface area contributed by atoms with Gasteiger partial charge in [-0.3, -0.25) is 0 Å². The zero-order valence-electron chi connectivity index (χ0n) is 9.00. The summed E-state index contributed by atoms with van der Waals surface area (Å²) in [6, 6.07) is 0.565. The standard InChI is InChI=1S/C10H17N3S/c1-7-11-9(14-13-7)12-8-5-4-6-10(8,2)3/h8H,4-6H2,1-3H3,(H,11,12,13). The highest BCUT2D eigenvalue weighted by molar-refractivity contribution is 7.09. The number of aryl methyl sites for hydroxylation is 1. The molecule has 0 bridgehead atoms. The first-order valence-corrected chi connectivity index (χ1v) is 5.92. The summed E-state index contributed by atoms with van der Waals surface area (Å²) in [7, 11) is 0. The van der Waals surface area contributed by atoms with Gasteiger partial charge in [0.15, 0.2) is 0 Å². The van der Waals surface area contributed by atoms with Gasteiger partial charge < -0.3 is 5.32 Å². The summed E-state index contributed by atoms with van der Waals surface area (Å²) in [5.74, 6) is 0.869. The summed E-state index contributed by atoms with van der Waals surface area (Å²) in [4.78, 5) is 4.34. The average Bonchev–Trinajstić information content (AvgIpc) is 2.61. The maximum Gasteiger partial charge on any atom is 0.202 e. The number of hydrogen-bond acceptors (Lipinski definition) is 4. The molecule has 4 heteroatoms. The van der Waals surface area contributed by atoms with E-state index < -0.39 is 0 Å². The van der Waals surface area contributed by atoms with Crippen molar-refractivity contribution >= 4 is 16.7 Å². The molecule has 1 aromatic heterocycles. The average molecular weight is 211 g/mol. The highest BCUT2D eigenvalue weighted by Gasteiger charge is 2.34. The minimum absolute atomic E-state index is 0.402. The topological polar surface area (TPSA) is 37.8 Å². The molecule has 2 rings (SSSR count). The molecule has 1 saturated carbocycles. The molecule has 1 unspecified atom stereocenters. The monoisotopic (exact) mass is 211 g/mol. The molecule has 0 saturated heterocycles. The summed E-state index contributed by atoms with van der Waals surface area (Å²) in [5.41, 5.74) is 0.402. The molecule has 1 fully saturated rings. The van der Waals surface area contributed by atoms with E-state index in [1.165, 1.54) is 30.8 Å². The van der Waals surface area contributed by atoms with Gasteiger partial charge in [0.2, 0.25) is 5.13 Å². The first-order valence-electron chi connectivity index (χ1n) is 5.15. The lowest BCUT2D eigenvalue weighted by atomic mass is 9.87. The molecule has 1 atom stereocenters. The van der Waals surface area contributed by atoms with E-state index in [1.807, 2.05) is 6.92 Å². The van der Waals surface area contributed by atoms with Crippen LogP contribution in [-0.4, -0.2) is 15.4 Å². The molecule has 1 aliphatic rings. The molecule has 78 valence electrons.